The molecular weight excluding hydrogens is 220 g/mol. The summed E-state index contributed by atoms with van der Waals surface area (Å²) in [6, 6.07) is 4.95. The van der Waals surface area contributed by atoms with Gasteiger partial charge in [0.2, 0.25) is 0 Å². The van der Waals surface area contributed by atoms with E-state index in [-0.39, 0.29) is 19.1 Å². The van der Waals surface area contributed by atoms with Gasteiger partial charge in [-0.2, -0.15) is 0 Å². The van der Waals surface area contributed by atoms with E-state index in [9.17, 15) is 4.79 Å². The van der Waals surface area contributed by atoms with Crippen LogP contribution in [0, 0.1) is 6.92 Å². The molecular formula is C12H18N2O3. The van der Waals surface area contributed by atoms with Gasteiger partial charge in [0, 0.05) is 11.3 Å². The average Bonchev–Trinajstić information content (AvgIpc) is 2.28. The number of carbonyl (C=O) groups excluding carboxylic acids is 1. The van der Waals surface area contributed by atoms with Crippen LogP contribution in [0.4, 0.5) is 5.69 Å². The minimum atomic E-state index is -1.02. The Balaban J connectivity index is 2.90. The molecule has 1 aromatic carbocycles. The number of nitrogens with two attached hydrogens (primary N) is 1. The first-order chi connectivity index (χ1) is 7.91. The minimum absolute atomic E-state index is 0.330. The predicted octanol–water partition coefficient (Wildman–Crippen LogP) is 0.0503. The molecule has 0 bridgehead atoms. The second-order valence-electron chi connectivity index (χ2n) is 4.41. The standard InChI is InChI=1S/C12H18N2O3/c1-8-5-9(13)3-4-10(8)11(17)14-12(2,6-15)7-16/h3-5,15-16H,6-7,13H2,1-2H3,(H,14,17). The van der Waals surface area contributed by atoms with Crippen LogP contribution >= 0.6 is 0 Å². The molecule has 0 heterocycles. The normalized spacial score (nSPS) is 11.3. The van der Waals surface area contributed by atoms with E-state index in [4.69, 9.17) is 15.9 Å². The lowest BCUT2D eigenvalue weighted by Gasteiger charge is -2.26. The summed E-state index contributed by atoms with van der Waals surface area (Å²) in [7, 11) is 0. The molecule has 1 amide bonds. The fourth-order valence-electron chi connectivity index (χ4n) is 1.41. The second-order valence-corrected chi connectivity index (χ2v) is 4.41. The van der Waals surface area contributed by atoms with E-state index in [2.05, 4.69) is 5.32 Å². The van der Waals surface area contributed by atoms with Crippen LogP contribution in [-0.4, -0.2) is 34.9 Å². The number of carbonyl (C=O) groups is 1. The van der Waals surface area contributed by atoms with Crippen LogP contribution in [0.15, 0.2) is 18.2 Å². The molecule has 0 unspecified atom stereocenters. The molecule has 0 saturated carbocycles. The van der Waals surface area contributed by atoms with E-state index >= 15 is 0 Å². The molecule has 0 radical (unpaired) electrons. The predicted molar refractivity (Wildman–Crippen MR) is 65.6 cm³/mol. The van der Waals surface area contributed by atoms with Crippen molar-refractivity contribution in [1.82, 2.24) is 5.32 Å². The Kier molecular flexibility index (Phi) is 4.09. The zero-order valence-corrected chi connectivity index (χ0v) is 10.0. The number of aliphatic hydroxyl groups excluding tert-OH is 2. The van der Waals surface area contributed by atoms with E-state index in [0.29, 0.717) is 11.3 Å². The van der Waals surface area contributed by atoms with Gasteiger partial charge in [-0.15, -0.1) is 0 Å². The summed E-state index contributed by atoms with van der Waals surface area (Å²) in [6.45, 7) is 2.69. The number of amides is 1. The number of nitrogen functional groups attached to an aromatic ring is 1. The first-order valence-electron chi connectivity index (χ1n) is 5.32. The van der Waals surface area contributed by atoms with Gasteiger partial charge in [-0.1, -0.05) is 0 Å². The SMILES string of the molecule is Cc1cc(N)ccc1C(=O)NC(C)(CO)CO. The first kappa shape index (κ1) is 13.5. The highest BCUT2D eigenvalue weighted by molar-refractivity contribution is 5.96. The van der Waals surface area contributed by atoms with E-state index in [0.717, 1.165) is 5.56 Å². The third-order valence-corrected chi connectivity index (χ3v) is 2.61. The lowest BCUT2D eigenvalue weighted by atomic mass is 10.0. The quantitative estimate of drug-likeness (QED) is 0.557. The van der Waals surface area contributed by atoms with Gasteiger partial charge in [-0.25, -0.2) is 0 Å². The van der Waals surface area contributed by atoms with Gasteiger partial charge >= 0.3 is 0 Å². The van der Waals surface area contributed by atoms with Crippen LogP contribution in [0.25, 0.3) is 0 Å². The second kappa shape index (κ2) is 5.16. The Hall–Kier alpha value is -1.59. The monoisotopic (exact) mass is 238 g/mol. The highest BCUT2D eigenvalue weighted by Gasteiger charge is 2.25. The van der Waals surface area contributed by atoms with E-state index in [1.165, 1.54) is 0 Å². The molecule has 5 N–H and O–H groups in total. The van der Waals surface area contributed by atoms with Crippen LogP contribution in [0.1, 0.15) is 22.8 Å². The molecule has 1 aromatic rings. The van der Waals surface area contributed by atoms with Gasteiger partial charge in [0.25, 0.3) is 5.91 Å². The van der Waals surface area contributed by atoms with Crippen molar-refractivity contribution in [3.63, 3.8) is 0 Å². The highest BCUT2D eigenvalue weighted by Crippen LogP contribution is 2.13. The van der Waals surface area contributed by atoms with Crippen LogP contribution in [-0.2, 0) is 0 Å². The molecule has 17 heavy (non-hydrogen) atoms. The molecule has 0 fully saturated rings. The maximum Gasteiger partial charge on any atom is 0.252 e. The smallest absolute Gasteiger partial charge is 0.252 e. The Labute approximate surface area is 100 Å². The van der Waals surface area contributed by atoms with Crippen LogP contribution < -0.4 is 11.1 Å². The lowest BCUT2D eigenvalue weighted by Crippen LogP contribution is -2.51. The number of hydrogen-bond acceptors (Lipinski definition) is 4. The first-order valence-corrected chi connectivity index (χ1v) is 5.32. The largest absolute Gasteiger partial charge is 0.399 e. The molecule has 0 atom stereocenters. The number of aliphatic hydroxyl groups is 2. The summed E-state index contributed by atoms with van der Waals surface area (Å²) in [5.41, 5.74) is 6.39. The van der Waals surface area contributed by atoms with Gasteiger partial charge in [0.1, 0.15) is 0 Å². The average molecular weight is 238 g/mol. The van der Waals surface area contributed by atoms with Crippen molar-refractivity contribution < 1.29 is 15.0 Å². The van der Waals surface area contributed by atoms with Crippen molar-refractivity contribution in [2.45, 2.75) is 19.4 Å². The number of benzene rings is 1. The van der Waals surface area contributed by atoms with Gasteiger partial charge in [0.15, 0.2) is 0 Å². The highest BCUT2D eigenvalue weighted by atomic mass is 16.3. The number of nitrogens with one attached hydrogen (secondary N) is 1. The summed E-state index contributed by atoms with van der Waals surface area (Å²) in [6.07, 6.45) is 0. The molecule has 5 heteroatoms. The summed E-state index contributed by atoms with van der Waals surface area (Å²) < 4.78 is 0. The fraction of sp³-hybridized carbons (Fsp3) is 0.417. The Morgan fingerprint density at radius 3 is 2.47 bits per heavy atom. The van der Waals surface area contributed by atoms with Crippen LogP contribution in [0.2, 0.25) is 0 Å². The molecule has 94 valence electrons. The maximum absolute atomic E-state index is 11.9. The third-order valence-electron chi connectivity index (χ3n) is 2.61. The molecule has 0 aliphatic carbocycles. The molecule has 1 rings (SSSR count). The molecule has 0 aliphatic rings. The maximum atomic E-state index is 11.9. The number of hydrogen-bond donors (Lipinski definition) is 4. The van der Waals surface area contributed by atoms with Crippen molar-refractivity contribution in [2.24, 2.45) is 0 Å². The summed E-state index contributed by atoms with van der Waals surface area (Å²) in [5, 5.41) is 20.8. The number of aryl methyl sites for hydroxylation is 1. The van der Waals surface area contributed by atoms with E-state index in [1.54, 1.807) is 32.0 Å². The van der Waals surface area contributed by atoms with Gasteiger partial charge < -0.3 is 21.3 Å². The summed E-state index contributed by atoms with van der Waals surface area (Å²) in [5.74, 6) is -0.340. The summed E-state index contributed by atoms with van der Waals surface area (Å²) in [4.78, 5) is 11.9. The lowest BCUT2D eigenvalue weighted by molar-refractivity contribution is 0.0723. The van der Waals surface area contributed by atoms with E-state index in [1.807, 2.05) is 0 Å². The van der Waals surface area contributed by atoms with Crippen molar-refractivity contribution in [3.8, 4) is 0 Å². The van der Waals surface area contributed by atoms with Gasteiger partial charge in [0.05, 0.1) is 18.8 Å². The molecule has 0 aliphatic heterocycles. The minimum Gasteiger partial charge on any atom is -0.399 e. The van der Waals surface area contributed by atoms with Crippen LogP contribution in [0.5, 0.6) is 0 Å². The Bertz CT molecular complexity index is 414. The fourth-order valence-corrected chi connectivity index (χ4v) is 1.41. The third kappa shape index (κ3) is 3.18. The van der Waals surface area contributed by atoms with Gasteiger partial charge in [-0.3, -0.25) is 4.79 Å². The Morgan fingerprint density at radius 1 is 1.41 bits per heavy atom. The zero-order chi connectivity index (χ0) is 13.1. The molecule has 5 nitrogen and oxygen atoms in total. The number of rotatable bonds is 4. The van der Waals surface area contributed by atoms with Crippen molar-refractivity contribution in [3.05, 3.63) is 29.3 Å². The topological polar surface area (TPSA) is 95.6 Å². The van der Waals surface area contributed by atoms with Crippen molar-refractivity contribution in [1.29, 1.82) is 0 Å². The Morgan fingerprint density at radius 2 is 2.00 bits per heavy atom. The number of anilines is 1. The molecule has 0 spiro atoms. The molecule has 0 aromatic heterocycles. The van der Waals surface area contributed by atoms with Crippen molar-refractivity contribution in [2.75, 3.05) is 18.9 Å². The molecule has 0 saturated heterocycles. The van der Waals surface area contributed by atoms with Crippen molar-refractivity contribution >= 4 is 11.6 Å². The summed E-state index contributed by atoms with van der Waals surface area (Å²) >= 11 is 0. The van der Waals surface area contributed by atoms with E-state index < -0.39 is 5.54 Å². The van der Waals surface area contributed by atoms with Gasteiger partial charge in [-0.05, 0) is 37.6 Å². The zero-order valence-electron chi connectivity index (χ0n) is 10.0. The van der Waals surface area contributed by atoms with Crippen LogP contribution in [0.3, 0.4) is 0 Å².